The maximum Gasteiger partial charge on any atom is 0.338 e. The van der Waals surface area contributed by atoms with Gasteiger partial charge in [0, 0.05) is 18.1 Å². The first-order valence-electron chi connectivity index (χ1n) is 5.40. The van der Waals surface area contributed by atoms with Crippen molar-refractivity contribution < 1.29 is 22.7 Å². The van der Waals surface area contributed by atoms with Crippen molar-refractivity contribution in [1.82, 2.24) is 4.31 Å². The summed E-state index contributed by atoms with van der Waals surface area (Å²) in [4.78, 5) is 10.2. The van der Waals surface area contributed by atoms with Crippen LogP contribution < -0.4 is 0 Å². The highest BCUT2D eigenvalue weighted by molar-refractivity contribution is 9.10. The summed E-state index contributed by atoms with van der Waals surface area (Å²) < 4.78 is 39.5. The Balaban J connectivity index is 3.47. The van der Waals surface area contributed by atoms with Crippen molar-refractivity contribution in [2.45, 2.75) is 18.2 Å². The van der Waals surface area contributed by atoms with E-state index in [1.54, 1.807) is 6.92 Å². The van der Waals surface area contributed by atoms with E-state index in [9.17, 15) is 17.6 Å². The molecule has 0 aliphatic heterocycles. The Kier molecular flexibility index (Phi) is 5.05. The number of benzene rings is 1. The first-order valence-corrected chi connectivity index (χ1v) is 7.63. The molecule has 106 valence electrons. The minimum atomic E-state index is -4.05. The molecule has 0 unspecified atom stereocenters. The van der Waals surface area contributed by atoms with Crippen LogP contribution in [0.1, 0.15) is 23.7 Å². The number of halogens is 2. The van der Waals surface area contributed by atoms with Crippen molar-refractivity contribution in [2.75, 3.05) is 13.6 Å². The average molecular weight is 354 g/mol. The molecular weight excluding hydrogens is 341 g/mol. The summed E-state index contributed by atoms with van der Waals surface area (Å²) in [7, 11) is -2.73. The highest BCUT2D eigenvalue weighted by Crippen LogP contribution is 2.26. The summed E-state index contributed by atoms with van der Waals surface area (Å²) in [5.74, 6) is -2.77. The van der Waals surface area contributed by atoms with Gasteiger partial charge in [-0.2, -0.15) is 0 Å². The molecule has 1 rings (SSSR count). The molecule has 0 atom stereocenters. The molecule has 1 N–H and O–H groups in total. The molecule has 0 bridgehead atoms. The number of hydrogen-bond acceptors (Lipinski definition) is 3. The lowest BCUT2D eigenvalue weighted by Gasteiger charge is -2.17. The van der Waals surface area contributed by atoms with E-state index in [0.29, 0.717) is 6.42 Å². The predicted octanol–water partition coefficient (Wildman–Crippen LogP) is 2.32. The third-order valence-electron chi connectivity index (χ3n) is 2.46. The molecular formula is C11H13BrFNO4S. The third-order valence-corrected chi connectivity index (χ3v) is 4.78. The molecule has 0 heterocycles. The fourth-order valence-electron chi connectivity index (χ4n) is 1.51. The Morgan fingerprint density at radius 2 is 2.05 bits per heavy atom. The fraction of sp³-hybridized carbons (Fsp3) is 0.364. The molecule has 0 aliphatic carbocycles. The Labute approximate surface area is 119 Å². The Bertz CT molecular complexity index is 603. The molecule has 5 nitrogen and oxygen atoms in total. The Morgan fingerprint density at radius 1 is 1.47 bits per heavy atom. The van der Waals surface area contributed by atoms with Gasteiger partial charge in [0.25, 0.3) is 0 Å². The number of carboxylic acids is 1. The minimum absolute atomic E-state index is 0.190. The molecule has 0 saturated heterocycles. The van der Waals surface area contributed by atoms with Gasteiger partial charge < -0.3 is 5.11 Å². The SMILES string of the molecule is CCCN(C)S(=O)(=O)c1cc(Br)cc(C(=O)O)c1F. The van der Waals surface area contributed by atoms with Crippen molar-refractivity contribution in [3.05, 3.63) is 28.0 Å². The first kappa shape index (κ1) is 16.1. The highest BCUT2D eigenvalue weighted by atomic mass is 79.9. The van der Waals surface area contributed by atoms with Gasteiger partial charge in [0.15, 0.2) is 5.82 Å². The van der Waals surface area contributed by atoms with E-state index < -0.39 is 32.3 Å². The topological polar surface area (TPSA) is 74.7 Å². The van der Waals surface area contributed by atoms with E-state index in [1.165, 1.54) is 7.05 Å². The average Bonchev–Trinajstić information content (AvgIpc) is 2.31. The quantitative estimate of drug-likeness (QED) is 0.881. The molecule has 1 aromatic carbocycles. The monoisotopic (exact) mass is 353 g/mol. The molecule has 0 aromatic heterocycles. The lowest BCUT2D eigenvalue weighted by molar-refractivity contribution is 0.0691. The van der Waals surface area contributed by atoms with Gasteiger partial charge >= 0.3 is 5.97 Å². The van der Waals surface area contributed by atoms with Crippen LogP contribution in [-0.2, 0) is 10.0 Å². The van der Waals surface area contributed by atoms with E-state index in [0.717, 1.165) is 16.4 Å². The van der Waals surface area contributed by atoms with Gasteiger partial charge in [-0.1, -0.05) is 22.9 Å². The molecule has 19 heavy (non-hydrogen) atoms. The lowest BCUT2D eigenvalue weighted by atomic mass is 10.2. The molecule has 0 saturated carbocycles. The highest BCUT2D eigenvalue weighted by Gasteiger charge is 2.28. The summed E-state index contributed by atoms with van der Waals surface area (Å²) in [5.41, 5.74) is -0.683. The van der Waals surface area contributed by atoms with Crippen molar-refractivity contribution in [3.8, 4) is 0 Å². The maximum atomic E-state index is 14.0. The van der Waals surface area contributed by atoms with Gasteiger partial charge in [-0.25, -0.2) is 21.9 Å². The third kappa shape index (κ3) is 3.31. The Hall–Kier alpha value is -0.990. The summed E-state index contributed by atoms with van der Waals surface area (Å²) in [6, 6.07) is 2.08. The summed E-state index contributed by atoms with van der Waals surface area (Å²) >= 11 is 2.98. The van der Waals surface area contributed by atoms with Crippen molar-refractivity contribution >= 4 is 31.9 Å². The van der Waals surface area contributed by atoms with Crippen LogP contribution in [0.2, 0.25) is 0 Å². The normalized spacial score (nSPS) is 11.8. The lowest BCUT2D eigenvalue weighted by Crippen LogP contribution is -2.28. The zero-order valence-corrected chi connectivity index (χ0v) is 12.8. The fourth-order valence-corrected chi connectivity index (χ4v) is 3.49. The van der Waals surface area contributed by atoms with Crippen LogP contribution >= 0.6 is 15.9 Å². The van der Waals surface area contributed by atoms with Crippen LogP contribution in [0.25, 0.3) is 0 Å². The number of sulfonamides is 1. The van der Waals surface area contributed by atoms with Crippen molar-refractivity contribution in [1.29, 1.82) is 0 Å². The summed E-state index contributed by atoms with van der Waals surface area (Å²) in [6.45, 7) is 2.00. The van der Waals surface area contributed by atoms with Crippen LogP contribution in [0.3, 0.4) is 0 Å². The number of carboxylic acid groups (broad SMARTS) is 1. The van der Waals surface area contributed by atoms with E-state index in [4.69, 9.17) is 5.11 Å². The van der Waals surface area contributed by atoms with Crippen molar-refractivity contribution in [2.24, 2.45) is 0 Å². The molecule has 0 radical (unpaired) electrons. The first-order chi connectivity index (χ1) is 8.71. The zero-order valence-electron chi connectivity index (χ0n) is 10.4. The van der Waals surface area contributed by atoms with Gasteiger partial charge in [0.1, 0.15) is 4.90 Å². The van der Waals surface area contributed by atoms with Crippen LogP contribution in [0, 0.1) is 5.82 Å². The van der Waals surface area contributed by atoms with E-state index in [1.807, 2.05) is 0 Å². The molecule has 8 heteroatoms. The smallest absolute Gasteiger partial charge is 0.338 e. The number of rotatable bonds is 5. The van der Waals surface area contributed by atoms with E-state index in [-0.39, 0.29) is 11.0 Å². The van der Waals surface area contributed by atoms with E-state index in [2.05, 4.69) is 15.9 Å². The largest absolute Gasteiger partial charge is 0.478 e. The van der Waals surface area contributed by atoms with Crippen LogP contribution in [0.15, 0.2) is 21.5 Å². The van der Waals surface area contributed by atoms with Gasteiger partial charge in [-0.05, 0) is 18.6 Å². The van der Waals surface area contributed by atoms with E-state index >= 15 is 0 Å². The van der Waals surface area contributed by atoms with Crippen LogP contribution in [0.5, 0.6) is 0 Å². The van der Waals surface area contributed by atoms with Gasteiger partial charge in [-0.3, -0.25) is 0 Å². The predicted molar refractivity (Wildman–Crippen MR) is 71.2 cm³/mol. The molecule has 0 spiro atoms. The molecule has 0 fully saturated rings. The van der Waals surface area contributed by atoms with Crippen LogP contribution in [0.4, 0.5) is 4.39 Å². The standard InChI is InChI=1S/C11H13BrFNO4S/c1-3-4-14(2)19(17,18)9-6-7(12)5-8(10(9)13)11(15)16/h5-6H,3-4H2,1-2H3,(H,15,16). The Morgan fingerprint density at radius 3 is 2.53 bits per heavy atom. The number of hydrogen-bond donors (Lipinski definition) is 1. The van der Waals surface area contributed by atoms with Gasteiger partial charge in [0.2, 0.25) is 10.0 Å². The summed E-state index contributed by atoms with van der Waals surface area (Å²) in [5, 5.41) is 8.85. The molecule has 1 aromatic rings. The number of nitrogens with zero attached hydrogens (tertiary/aromatic N) is 1. The van der Waals surface area contributed by atoms with Crippen LogP contribution in [-0.4, -0.2) is 37.4 Å². The second-order valence-corrected chi connectivity index (χ2v) is 6.83. The maximum absolute atomic E-state index is 14.0. The van der Waals surface area contributed by atoms with Gasteiger partial charge in [-0.15, -0.1) is 0 Å². The second-order valence-electron chi connectivity index (χ2n) is 3.90. The van der Waals surface area contributed by atoms with Crippen molar-refractivity contribution in [3.63, 3.8) is 0 Å². The zero-order chi connectivity index (χ0) is 14.8. The molecule has 0 aliphatic rings. The van der Waals surface area contributed by atoms with Gasteiger partial charge in [0.05, 0.1) is 5.56 Å². The molecule has 0 amide bonds. The second kappa shape index (κ2) is 5.98. The number of aromatic carboxylic acids is 1. The summed E-state index contributed by atoms with van der Waals surface area (Å²) in [6.07, 6.45) is 0.567. The minimum Gasteiger partial charge on any atom is -0.478 e. The number of carbonyl (C=O) groups is 1.